The summed E-state index contributed by atoms with van der Waals surface area (Å²) in [6.45, 7) is 1.30. The number of hydrogen-bond donors (Lipinski definition) is 1. The maximum atomic E-state index is 13.7. The zero-order valence-corrected chi connectivity index (χ0v) is 12.8. The van der Waals surface area contributed by atoms with E-state index in [1.165, 1.54) is 17.0 Å². The van der Waals surface area contributed by atoms with Gasteiger partial charge in [-0.2, -0.15) is 0 Å². The second-order valence-corrected chi connectivity index (χ2v) is 5.51. The molecule has 1 atom stereocenters. The van der Waals surface area contributed by atoms with Crippen molar-refractivity contribution < 1.29 is 23.1 Å². The minimum absolute atomic E-state index is 0.0757. The van der Waals surface area contributed by atoms with Gasteiger partial charge in [-0.1, -0.05) is 6.07 Å². The first-order valence-corrected chi connectivity index (χ1v) is 7.20. The average Bonchev–Trinajstić information content (AvgIpc) is 2.48. The van der Waals surface area contributed by atoms with Gasteiger partial charge < -0.3 is 15.4 Å². The molecule has 126 valence electrons. The molecule has 0 unspecified atom stereocenters. The molecule has 8 heteroatoms. The number of nitrogens with two attached hydrogens (primary N) is 1. The number of primary amides is 1. The molecule has 1 aliphatic rings. The number of carbonyl (C=O) groups excluding carboxylic acids is 2. The van der Waals surface area contributed by atoms with E-state index in [1.54, 1.807) is 11.9 Å². The van der Waals surface area contributed by atoms with Crippen molar-refractivity contribution in [3.05, 3.63) is 35.4 Å². The first-order chi connectivity index (χ1) is 10.9. The predicted molar refractivity (Wildman–Crippen MR) is 78.7 cm³/mol. The highest BCUT2D eigenvalue weighted by Crippen LogP contribution is 2.16. The minimum Gasteiger partial charge on any atom is -0.373 e. The summed E-state index contributed by atoms with van der Waals surface area (Å²) in [6.07, 6.45) is -0.325. The van der Waals surface area contributed by atoms with Crippen LogP contribution in [0.5, 0.6) is 0 Å². The van der Waals surface area contributed by atoms with Gasteiger partial charge in [0, 0.05) is 19.6 Å². The fraction of sp³-hybridized carbons (Fsp3) is 0.467. The van der Waals surface area contributed by atoms with Crippen LogP contribution in [0, 0.1) is 11.6 Å². The molecule has 1 heterocycles. The van der Waals surface area contributed by atoms with Crippen LogP contribution in [0.25, 0.3) is 0 Å². The maximum absolute atomic E-state index is 13.7. The number of benzene rings is 1. The highest BCUT2D eigenvalue weighted by molar-refractivity contribution is 5.94. The standard InChI is InChI=1S/C15H19F2N3O3/c1-19(9-13(18)21)7-10-8-20(5-6-23-10)15(22)11-3-2-4-12(16)14(11)17/h2-4,10H,5-9H2,1H3,(H2,18,21)/t10-/m1/s1. The quantitative estimate of drug-likeness (QED) is 0.840. The van der Waals surface area contributed by atoms with Gasteiger partial charge in [0.2, 0.25) is 5.91 Å². The van der Waals surface area contributed by atoms with E-state index in [1.807, 2.05) is 0 Å². The molecular formula is C15H19F2N3O3. The van der Waals surface area contributed by atoms with Crippen molar-refractivity contribution in [2.45, 2.75) is 6.10 Å². The SMILES string of the molecule is CN(CC(N)=O)C[C@@H]1CN(C(=O)c2cccc(F)c2F)CCO1. The molecule has 6 nitrogen and oxygen atoms in total. The normalized spacial score (nSPS) is 18.3. The van der Waals surface area contributed by atoms with Gasteiger partial charge in [0.15, 0.2) is 11.6 Å². The molecule has 2 amide bonds. The van der Waals surface area contributed by atoms with Gasteiger partial charge in [0.05, 0.1) is 24.8 Å². The molecular weight excluding hydrogens is 308 g/mol. The van der Waals surface area contributed by atoms with Gasteiger partial charge in [0.25, 0.3) is 5.91 Å². The first kappa shape index (κ1) is 17.3. The smallest absolute Gasteiger partial charge is 0.257 e. The summed E-state index contributed by atoms with van der Waals surface area (Å²) >= 11 is 0. The Balaban J connectivity index is 2.01. The highest BCUT2D eigenvalue weighted by atomic mass is 19.2. The molecule has 0 saturated carbocycles. The van der Waals surface area contributed by atoms with Crippen LogP contribution in [0.15, 0.2) is 18.2 Å². The molecule has 1 aliphatic heterocycles. The largest absolute Gasteiger partial charge is 0.373 e. The zero-order valence-electron chi connectivity index (χ0n) is 12.8. The molecule has 1 aromatic rings. The van der Waals surface area contributed by atoms with Gasteiger partial charge >= 0.3 is 0 Å². The van der Waals surface area contributed by atoms with Crippen LogP contribution in [-0.2, 0) is 9.53 Å². The average molecular weight is 327 g/mol. The number of likely N-dealkylation sites (N-methyl/N-ethyl adjacent to an activating group) is 1. The summed E-state index contributed by atoms with van der Waals surface area (Å²) in [5.74, 6) is -3.24. The predicted octanol–water partition coefficient (Wildman–Crippen LogP) is 0.223. The van der Waals surface area contributed by atoms with Gasteiger partial charge in [-0.3, -0.25) is 14.5 Å². The van der Waals surface area contributed by atoms with Crippen LogP contribution in [0.2, 0.25) is 0 Å². The molecule has 0 bridgehead atoms. The maximum Gasteiger partial charge on any atom is 0.257 e. The van der Waals surface area contributed by atoms with Gasteiger partial charge in [-0.15, -0.1) is 0 Å². The van der Waals surface area contributed by atoms with Gasteiger partial charge in [-0.25, -0.2) is 8.78 Å². The number of carbonyl (C=O) groups is 2. The van der Waals surface area contributed by atoms with E-state index in [4.69, 9.17) is 10.5 Å². The van der Waals surface area contributed by atoms with Crippen LogP contribution >= 0.6 is 0 Å². The van der Waals surface area contributed by atoms with Crippen LogP contribution in [0.3, 0.4) is 0 Å². The molecule has 2 rings (SSSR count). The Hall–Kier alpha value is -2.06. The van der Waals surface area contributed by atoms with Crippen molar-refractivity contribution in [3.8, 4) is 0 Å². The fourth-order valence-corrected chi connectivity index (χ4v) is 2.53. The number of ether oxygens (including phenoxy) is 1. The Bertz CT molecular complexity index is 597. The Morgan fingerprint density at radius 1 is 1.43 bits per heavy atom. The highest BCUT2D eigenvalue weighted by Gasteiger charge is 2.28. The third kappa shape index (κ3) is 4.46. The van der Waals surface area contributed by atoms with Crippen molar-refractivity contribution in [1.29, 1.82) is 0 Å². The number of morpholine rings is 1. The number of halogens is 2. The Kier molecular flexibility index (Phi) is 5.62. The van der Waals surface area contributed by atoms with E-state index in [0.29, 0.717) is 13.1 Å². The number of rotatable bonds is 5. The van der Waals surface area contributed by atoms with E-state index < -0.39 is 23.4 Å². The lowest BCUT2D eigenvalue weighted by atomic mass is 10.1. The first-order valence-electron chi connectivity index (χ1n) is 7.20. The fourth-order valence-electron chi connectivity index (χ4n) is 2.53. The monoisotopic (exact) mass is 327 g/mol. The Labute approximate surface area is 132 Å². The van der Waals surface area contributed by atoms with E-state index in [9.17, 15) is 18.4 Å². The Morgan fingerprint density at radius 2 is 2.17 bits per heavy atom. The topological polar surface area (TPSA) is 75.9 Å². The lowest BCUT2D eigenvalue weighted by Crippen LogP contribution is -2.50. The van der Waals surface area contributed by atoms with Gasteiger partial charge in [0.1, 0.15) is 0 Å². The van der Waals surface area contributed by atoms with Crippen LogP contribution in [0.1, 0.15) is 10.4 Å². The number of hydrogen-bond acceptors (Lipinski definition) is 4. The molecule has 0 radical (unpaired) electrons. The minimum atomic E-state index is -1.15. The number of amides is 2. The van der Waals surface area contributed by atoms with Crippen molar-refractivity contribution in [3.63, 3.8) is 0 Å². The molecule has 1 fully saturated rings. The molecule has 0 spiro atoms. The zero-order chi connectivity index (χ0) is 17.0. The molecule has 23 heavy (non-hydrogen) atoms. The summed E-state index contributed by atoms with van der Waals surface area (Å²) in [6, 6.07) is 3.52. The van der Waals surface area contributed by atoms with Crippen molar-refractivity contribution >= 4 is 11.8 Å². The molecule has 2 N–H and O–H groups in total. The molecule has 0 aromatic heterocycles. The summed E-state index contributed by atoms with van der Waals surface area (Å²) in [4.78, 5) is 26.3. The lowest BCUT2D eigenvalue weighted by molar-refractivity contribution is -0.119. The second-order valence-electron chi connectivity index (χ2n) is 5.51. The molecule has 1 saturated heterocycles. The van der Waals surface area contributed by atoms with E-state index in [-0.39, 0.29) is 31.4 Å². The molecule has 1 aromatic carbocycles. The van der Waals surface area contributed by atoms with Crippen molar-refractivity contribution in [2.24, 2.45) is 5.73 Å². The van der Waals surface area contributed by atoms with Gasteiger partial charge in [-0.05, 0) is 19.2 Å². The van der Waals surface area contributed by atoms with Crippen LogP contribution in [0.4, 0.5) is 8.78 Å². The molecule has 0 aliphatic carbocycles. The van der Waals surface area contributed by atoms with Crippen molar-refractivity contribution in [1.82, 2.24) is 9.80 Å². The third-order valence-corrected chi connectivity index (χ3v) is 3.55. The summed E-state index contributed by atoms with van der Waals surface area (Å²) in [5.41, 5.74) is 4.82. The van der Waals surface area contributed by atoms with Crippen molar-refractivity contribution in [2.75, 3.05) is 39.8 Å². The van der Waals surface area contributed by atoms with Crippen LogP contribution < -0.4 is 5.73 Å². The summed E-state index contributed by atoms with van der Waals surface area (Å²) in [7, 11) is 1.71. The van der Waals surface area contributed by atoms with Crippen LogP contribution in [-0.4, -0.2) is 67.6 Å². The van der Waals surface area contributed by atoms with E-state index >= 15 is 0 Å². The lowest BCUT2D eigenvalue weighted by Gasteiger charge is -2.34. The number of nitrogens with zero attached hydrogens (tertiary/aromatic N) is 2. The second kappa shape index (κ2) is 7.47. The summed E-state index contributed by atoms with van der Waals surface area (Å²) < 4.78 is 32.5. The summed E-state index contributed by atoms with van der Waals surface area (Å²) in [5, 5.41) is 0. The Morgan fingerprint density at radius 3 is 2.87 bits per heavy atom. The van der Waals surface area contributed by atoms with E-state index in [2.05, 4.69) is 0 Å². The van der Waals surface area contributed by atoms with E-state index in [0.717, 1.165) is 6.07 Å². The third-order valence-electron chi connectivity index (χ3n) is 3.55.